The molecule has 3 nitrogen and oxygen atoms in total. The largest absolute Gasteiger partial charge is 0.475 e. The van der Waals surface area contributed by atoms with Crippen LogP contribution >= 0.6 is 43.5 Å². The molecule has 0 fully saturated rings. The summed E-state index contributed by atoms with van der Waals surface area (Å²) in [6.07, 6.45) is 0. The summed E-state index contributed by atoms with van der Waals surface area (Å²) < 4.78 is 6.58. The molecule has 0 aliphatic heterocycles. The van der Waals surface area contributed by atoms with E-state index in [9.17, 15) is 4.79 Å². The Balaban J connectivity index is 2.56. The van der Waals surface area contributed by atoms with Crippen LogP contribution in [0.1, 0.15) is 10.6 Å². The van der Waals surface area contributed by atoms with Crippen molar-refractivity contribution in [2.45, 2.75) is 0 Å². The first-order chi connectivity index (χ1) is 7.99. The predicted molar refractivity (Wildman–Crippen MR) is 71.5 cm³/mol. The lowest BCUT2D eigenvalue weighted by molar-refractivity contribution is 0.0663. The third-order valence-electron chi connectivity index (χ3n) is 2.07. The van der Waals surface area contributed by atoms with E-state index >= 15 is 0 Å². The van der Waals surface area contributed by atoms with E-state index in [1.807, 2.05) is 0 Å². The Bertz CT molecular complexity index is 592. The number of carbonyl (C=O) groups is 1. The molecule has 0 amide bonds. The number of hydrogen-bond donors (Lipinski definition) is 1. The van der Waals surface area contributed by atoms with Gasteiger partial charge in [-0.3, -0.25) is 0 Å². The van der Waals surface area contributed by atoms with Gasteiger partial charge >= 0.3 is 5.97 Å². The lowest BCUT2D eigenvalue weighted by Crippen LogP contribution is -1.91. The molecular weight excluding hydrogens is 375 g/mol. The van der Waals surface area contributed by atoms with Crippen LogP contribution in [0.5, 0.6) is 0 Å². The molecule has 0 radical (unpaired) electrons. The van der Waals surface area contributed by atoms with E-state index in [1.54, 1.807) is 18.2 Å². The Labute approximate surface area is 119 Å². The standard InChI is InChI=1S/C11H5Br2ClO3/c12-7-3-5(14)1-2-6(7)10-8(13)4-9(17-10)11(15)16/h1-4H,(H,15,16). The van der Waals surface area contributed by atoms with E-state index in [0.717, 1.165) is 10.0 Å². The normalized spacial score (nSPS) is 10.5. The average molecular weight is 380 g/mol. The minimum Gasteiger partial charge on any atom is -0.475 e. The molecule has 0 spiro atoms. The second kappa shape index (κ2) is 4.84. The van der Waals surface area contributed by atoms with Gasteiger partial charge in [0, 0.05) is 21.1 Å². The Morgan fingerprint density at radius 3 is 2.47 bits per heavy atom. The highest BCUT2D eigenvalue weighted by molar-refractivity contribution is 9.11. The lowest BCUT2D eigenvalue weighted by Gasteiger charge is -2.02. The highest BCUT2D eigenvalue weighted by Gasteiger charge is 2.17. The highest BCUT2D eigenvalue weighted by atomic mass is 79.9. The highest BCUT2D eigenvalue weighted by Crippen LogP contribution is 2.37. The Kier molecular flexibility index (Phi) is 3.61. The SMILES string of the molecule is O=C(O)c1cc(Br)c(-c2ccc(Cl)cc2Br)o1. The van der Waals surface area contributed by atoms with Crippen molar-refractivity contribution in [1.82, 2.24) is 0 Å². The van der Waals surface area contributed by atoms with Gasteiger partial charge in [-0.15, -0.1) is 0 Å². The summed E-state index contributed by atoms with van der Waals surface area (Å²) in [5, 5.41) is 9.42. The Morgan fingerprint density at radius 2 is 1.94 bits per heavy atom. The van der Waals surface area contributed by atoms with Gasteiger partial charge in [-0.2, -0.15) is 0 Å². The van der Waals surface area contributed by atoms with Crippen molar-refractivity contribution in [2.24, 2.45) is 0 Å². The zero-order valence-corrected chi connectivity index (χ0v) is 12.1. The topological polar surface area (TPSA) is 50.4 Å². The summed E-state index contributed by atoms with van der Waals surface area (Å²) >= 11 is 12.4. The van der Waals surface area contributed by atoms with Crippen LogP contribution in [0.3, 0.4) is 0 Å². The van der Waals surface area contributed by atoms with Crippen LogP contribution < -0.4 is 0 Å². The fraction of sp³-hybridized carbons (Fsp3) is 0. The molecular formula is C11H5Br2ClO3. The molecule has 2 rings (SSSR count). The molecule has 1 heterocycles. The van der Waals surface area contributed by atoms with Gasteiger partial charge in [0.25, 0.3) is 0 Å². The fourth-order valence-corrected chi connectivity index (χ4v) is 2.70. The number of hydrogen-bond acceptors (Lipinski definition) is 2. The van der Waals surface area contributed by atoms with Gasteiger partial charge in [0.05, 0.1) is 4.47 Å². The summed E-state index contributed by atoms with van der Waals surface area (Å²) in [7, 11) is 0. The smallest absolute Gasteiger partial charge is 0.371 e. The zero-order valence-electron chi connectivity index (χ0n) is 8.21. The number of carboxylic acids is 1. The molecule has 88 valence electrons. The number of carboxylic acid groups (broad SMARTS) is 1. The first-order valence-electron chi connectivity index (χ1n) is 4.47. The van der Waals surface area contributed by atoms with Crippen molar-refractivity contribution in [1.29, 1.82) is 0 Å². The van der Waals surface area contributed by atoms with Gasteiger partial charge < -0.3 is 9.52 Å². The van der Waals surface area contributed by atoms with Crippen LogP contribution in [-0.2, 0) is 0 Å². The van der Waals surface area contributed by atoms with Crippen LogP contribution in [0.15, 0.2) is 37.6 Å². The van der Waals surface area contributed by atoms with Crippen LogP contribution in [0.25, 0.3) is 11.3 Å². The first-order valence-corrected chi connectivity index (χ1v) is 6.43. The van der Waals surface area contributed by atoms with Crippen molar-refractivity contribution >= 4 is 49.4 Å². The summed E-state index contributed by atoms with van der Waals surface area (Å²) in [6, 6.07) is 6.59. The zero-order chi connectivity index (χ0) is 12.6. The first kappa shape index (κ1) is 12.7. The predicted octanol–water partition coefficient (Wildman–Crippen LogP) is 4.82. The van der Waals surface area contributed by atoms with Crippen molar-refractivity contribution in [2.75, 3.05) is 0 Å². The maximum atomic E-state index is 10.8. The van der Waals surface area contributed by atoms with E-state index in [4.69, 9.17) is 21.1 Å². The molecule has 0 aliphatic rings. The van der Waals surface area contributed by atoms with Crippen LogP contribution in [-0.4, -0.2) is 11.1 Å². The average Bonchev–Trinajstić information content (AvgIpc) is 2.61. The van der Waals surface area contributed by atoms with Gasteiger partial charge in [0.1, 0.15) is 5.76 Å². The second-order valence-corrected chi connectivity index (χ2v) is 5.36. The van der Waals surface area contributed by atoms with Gasteiger partial charge in [-0.25, -0.2) is 4.79 Å². The quantitative estimate of drug-likeness (QED) is 0.812. The van der Waals surface area contributed by atoms with Crippen molar-refractivity contribution in [3.05, 3.63) is 44.0 Å². The van der Waals surface area contributed by atoms with E-state index in [2.05, 4.69) is 31.9 Å². The summed E-state index contributed by atoms with van der Waals surface area (Å²) in [4.78, 5) is 10.8. The minimum absolute atomic E-state index is 0.117. The number of furan rings is 1. The third kappa shape index (κ3) is 2.56. The van der Waals surface area contributed by atoms with Gasteiger partial charge in [-0.1, -0.05) is 11.6 Å². The minimum atomic E-state index is -1.11. The van der Waals surface area contributed by atoms with Crippen LogP contribution in [0, 0.1) is 0 Å². The summed E-state index contributed by atoms with van der Waals surface area (Å²) in [5.41, 5.74) is 0.730. The van der Waals surface area contributed by atoms with Gasteiger partial charge in [-0.05, 0) is 50.1 Å². The molecule has 0 saturated heterocycles. The fourth-order valence-electron chi connectivity index (χ4n) is 1.33. The molecule has 1 aromatic heterocycles. The number of halogens is 3. The van der Waals surface area contributed by atoms with Crippen LogP contribution in [0.2, 0.25) is 5.02 Å². The van der Waals surface area contributed by atoms with Gasteiger partial charge in [0.2, 0.25) is 5.76 Å². The Hall–Kier alpha value is -0.780. The number of aromatic carboxylic acids is 1. The number of rotatable bonds is 2. The molecule has 0 saturated carbocycles. The summed E-state index contributed by atoms with van der Waals surface area (Å²) in [5.74, 6) is -0.776. The molecule has 6 heteroatoms. The van der Waals surface area contributed by atoms with Crippen LogP contribution in [0.4, 0.5) is 0 Å². The third-order valence-corrected chi connectivity index (χ3v) is 3.55. The second-order valence-electron chi connectivity index (χ2n) is 3.22. The van der Waals surface area contributed by atoms with Crippen molar-refractivity contribution < 1.29 is 14.3 Å². The van der Waals surface area contributed by atoms with E-state index in [1.165, 1.54) is 6.07 Å². The van der Waals surface area contributed by atoms with Crippen molar-refractivity contribution in [3.8, 4) is 11.3 Å². The molecule has 2 aromatic rings. The monoisotopic (exact) mass is 378 g/mol. The molecule has 1 N–H and O–H groups in total. The maximum absolute atomic E-state index is 10.8. The van der Waals surface area contributed by atoms with E-state index < -0.39 is 5.97 Å². The Morgan fingerprint density at radius 1 is 1.24 bits per heavy atom. The van der Waals surface area contributed by atoms with E-state index in [0.29, 0.717) is 15.3 Å². The molecule has 1 aromatic carbocycles. The number of benzene rings is 1. The van der Waals surface area contributed by atoms with Gasteiger partial charge in [0.15, 0.2) is 0 Å². The maximum Gasteiger partial charge on any atom is 0.371 e. The molecule has 0 aliphatic carbocycles. The molecule has 0 atom stereocenters. The molecule has 0 unspecified atom stereocenters. The lowest BCUT2D eigenvalue weighted by atomic mass is 10.2. The van der Waals surface area contributed by atoms with Crippen molar-refractivity contribution in [3.63, 3.8) is 0 Å². The molecule has 17 heavy (non-hydrogen) atoms. The summed E-state index contributed by atoms with van der Waals surface area (Å²) in [6.45, 7) is 0. The molecule has 0 bridgehead atoms. The van der Waals surface area contributed by atoms with E-state index in [-0.39, 0.29) is 5.76 Å².